The molecule has 0 aromatic heterocycles. The maximum atomic E-state index is 12.6. The molecule has 2 N–H and O–H groups in total. The maximum absolute atomic E-state index is 12.6. The van der Waals surface area contributed by atoms with E-state index in [1.165, 1.54) is 0 Å². The molecule has 0 aliphatic carbocycles. The molecule has 0 fully saturated rings. The highest BCUT2D eigenvalue weighted by molar-refractivity contribution is 6.08. The Kier molecular flexibility index (Phi) is 3.32. The average Bonchev–Trinajstić information content (AvgIpc) is 2.53. The molecule has 3 rings (SSSR count). The molecule has 3 aromatic carbocycles. The molecule has 0 radical (unpaired) electrons. The van der Waals surface area contributed by atoms with Crippen molar-refractivity contribution in [2.75, 3.05) is 17.7 Å². The van der Waals surface area contributed by atoms with Crippen LogP contribution in [0.3, 0.4) is 0 Å². The van der Waals surface area contributed by atoms with Crippen molar-refractivity contribution < 1.29 is 4.79 Å². The molecule has 3 nitrogen and oxygen atoms in total. The monoisotopic (exact) mass is 276 g/mol. The molecule has 0 unspecified atom stereocenters. The Hall–Kier alpha value is -2.81. The van der Waals surface area contributed by atoms with Gasteiger partial charge in [-0.25, -0.2) is 0 Å². The standard InChI is InChI=1S/C18H16N2O/c1-20(17-9-5-4-8-16(17)19)18(21)15-11-10-13-6-2-3-7-14(13)12-15/h2-12H,19H2,1H3. The third kappa shape index (κ3) is 2.46. The third-order valence-electron chi connectivity index (χ3n) is 3.60. The molecule has 0 aliphatic heterocycles. The van der Waals surface area contributed by atoms with Gasteiger partial charge in [-0.05, 0) is 35.0 Å². The fourth-order valence-electron chi connectivity index (χ4n) is 2.42. The van der Waals surface area contributed by atoms with E-state index in [2.05, 4.69) is 0 Å². The summed E-state index contributed by atoms with van der Waals surface area (Å²) in [6.45, 7) is 0. The topological polar surface area (TPSA) is 46.3 Å². The van der Waals surface area contributed by atoms with Crippen LogP contribution in [0.2, 0.25) is 0 Å². The number of hydrogen-bond donors (Lipinski definition) is 1. The number of nitrogens with zero attached hydrogens (tertiary/aromatic N) is 1. The summed E-state index contributed by atoms with van der Waals surface area (Å²) in [5.41, 5.74) is 7.90. The molecule has 0 saturated heterocycles. The summed E-state index contributed by atoms with van der Waals surface area (Å²) in [7, 11) is 1.74. The van der Waals surface area contributed by atoms with Gasteiger partial charge in [-0.15, -0.1) is 0 Å². The van der Waals surface area contributed by atoms with Gasteiger partial charge in [-0.2, -0.15) is 0 Å². The first kappa shape index (κ1) is 13.2. The molecular weight excluding hydrogens is 260 g/mol. The first-order valence-electron chi connectivity index (χ1n) is 6.78. The first-order valence-corrected chi connectivity index (χ1v) is 6.78. The Bertz CT molecular complexity index is 811. The van der Waals surface area contributed by atoms with Gasteiger partial charge in [0.2, 0.25) is 0 Å². The van der Waals surface area contributed by atoms with Gasteiger partial charge in [0, 0.05) is 12.6 Å². The lowest BCUT2D eigenvalue weighted by atomic mass is 10.1. The highest BCUT2D eigenvalue weighted by atomic mass is 16.2. The summed E-state index contributed by atoms with van der Waals surface area (Å²) in [6.07, 6.45) is 0. The number of para-hydroxylation sites is 2. The minimum Gasteiger partial charge on any atom is -0.397 e. The van der Waals surface area contributed by atoms with Gasteiger partial charge >= 0.3 is 0 Å². The van der Waals surface area contributed by atoms with Crippen molar-refractivity contribution in [2.24, 2.45) is 0 Å². The van der Waals surface area contributed by atoms with Crippen LogP contribution in [0.1, 0.15) is 10.4 Å². The first-order chi connectivity index (χ1) is 10.2. The molecule has 0 bridgehead atoms. The van der Waals surface area contributed by atoms with E-state index >= 15 is 0 Å². The van der Waals surface area contributed by atoms with Crippen molar-refractivity contribution in [2.45, 2.75) is 0 Å². The van der Waals surface area contributed by atoms with Gasteiger partial charge in [0.25, 0.3) is 5.91 Å². The van der Waals surface area contributed by atoms with E-state index in [1.54, 1.807) is 18.0 Å². The predicted molar refractivity (Wildman–Crippen MR) is 87.5 cm³/mol. The van der Waals surface area contributed by atoms with E-state index in [-0.39, 0.29) is 5.91 Å². The van der Waals surface area contributed by atoms with Crippen molar-refractivity contribution in [3.05, 3.63) is 72.3 Å². The van der Waals surface area contributed by atoms with E-state index in [9.17, 15) is 4.79 Å². The number of anilines is 2. The van der Waals surface area contributed by atoms with Crippen molar-refractivity contribution in [3.63, 3.8) is 0 Å². The Morgan fingerprint density at radius 1 is 0.905 bits per heavy atom. The number of nitrogen functional groups attached to an aromatic ring is 1. The number of nitrogens with two attached hydrogens (primary N) is 1. The molecule has 21 heavy (non-hydrogen) atoms. The fraction of sp³-hybridized carbons (Fsp3) is 0.0556. The lowest BCUT2D eigenvalue weighted by Gasteiger charge is -2.19. The third-order valence-corrected chi connectivity index (χ3v) is 3.60. The van der Waals surface area contributed by atoms with Gasteiger partial charge < -0.3 is 10.6 Å². The van der Waals surface area contributed by atoms with Gasteiger partial charge in [-0.3, -0.25) is 4.79 Å². The molecule has 0 heterocycles. The quantitative estimate of drug-likeness (QED) is 0.725. The second-order valence-electron chi connectivity index (χ2n) is 4.98. The number of fused-ring (bicyclic) bond motifs is 1. The molecule has 3 heteroatoms. The van der Waals surface area contributed by atoms with Crippen LogP contribution in [-0.4, -0.2) is 13.0 Å². The molecule has 0 atom stereocenters. The molecule has 0 spiro atoms. The van der Waals surface area contributed by atoms with E-state index in [1.807, 2.05) is 60.7 Å². The molecular formula is C18H16N2O. The van der Waals surface area contributed by atoms with Crippen molar-refractivity contribution in [3.8, 4) is 0 Å². The van der Waals surface area contributed by atoms with Crippen LogP contribution in [0.25, 0.3) is 10.8 Å². The zero-order valence-corrected chi connectivity index (χ0v) is 11.8. The highest BCUT2D eigenvalue weighted by Crippen LogP contribution is 2.24. The predicted octanol–water partition coefficient (Wildman–Crippen LogP) is 3.70. The highest BCUT2D eigenvalue weighted by Gasteiger charge is 2.15. The zero-order valence-electron chi connectivity index (χ0n) is 11.8. The number of hydrogen-bond acceptors (Lipinski definition) is 2. The molecule has 0 aliphatic rings. The molecule has 3 aromatic rings. The Labute approximate surface area is 123 Å². The lowest BCUT2D eigenvalue weighted by Crippen LogP contribution is -2.26. The summed E-state index contributed by atoms with van der Waals surface area (Å²) >= 11 is 0. The van der Waals surface area contributed by atoms with Gasteiger partial charge in [0.05, 0.1) is 11.4 Å². The number of amides is 1. The van der Waals surface area contributed by atoms with Crippen LogP contribution in [-0.2, 0) is 0 Å². The van der Waals surface area contributed by atoms with Gasteiger partial charge in [-0.1, -0.05) is 42.5 Å². The Morgan fingerprint density at radius 3 is 2.33 bits per heavy atom. The summed E-state index contributed by atoms with van der Waals surface area (Å²) in [5, 5.41) is 2.17. The lowest BCUT2D eigenvalue weighted by molar-refractivity contribution is 0.0993. The SMILES string of the molecule is CN(C(=O)c1ccc2ccccc2c1)c1ccccc1N. The van der Waals surface area contributed by atoms with Crippen LogP contribution in [0, 0.1) is 0 Å². The van der Waals surface area contributed by atoms with Crippen LogP contribution < -0.4 is 10.6 Å². The van der Waals surface area contributed by atoms with Crippen molar-refractivity contribution in [1.29, 1.82) is 0 Å². The number of carbonyl (C=O) groups is 1. The van der Waals surface area contributed by atoms with Crippen LogP contribution in [0.15, 0.2) is 66.7 Å². The summed E-state index contributed by atoms with van der Waals surface area (Å²) < 4.78 is 0. The van der Waals surface area contributed by atoms with Gasteiger partial charge in [0.15, 0.2) is 0 Å². The molecule has 104 valence electrons. The number of benzene rings is 3. The molecule has 1 amide bonds. The van der Waals surface area contributed by atoms with E-state index in [0.29, 0.717) is 11.3 Å². The average molecular weight is 276 g/mol. The number of rotatable bonds is 2. The van der Waals surface area contributed by atoms with E-state index < -0.39 is 0 Å². The Morgan fingerprint density at radius 2 is 1.57 bits per heavy atom. The minimum absolute atomic E-state index is 0.0707. The fourth-order valence-corrected chi connectivity index (χ4v) is 2.42. The van der Waals surface area contributed by atoms with E-state index in [0.717, 1.165) is 16.5 Å². The zero-order chi connectivity index (χ0) is 14.8. The normalized spacial score (nSPS) is 10.5. The second-order valence-corrected chi connectivity index (χ2v) is 4.98. The second kappa shape index (κ2) is 5.29. The Balaban J connectivity index is 1.98. The van der Waals surface area contributed by atoms with Crippen LogP contribution in [0.5, 0.6) is 0 Å². The van der Waals surface area contributed by atoms with Gasteiger partial charge in [0.1, 0.15) is 0 Å². The number of carbonyl (C=O) groups excluding carboxylic acids is 1. The summed E-state index contributed by atoms with van der Waals surface area (Å²) in [4.78, 5) is 14.2. The molecule has 0 saturated carbocycles. The maximum Gasteiger partial charge on any atom is 0.258 e. The van der Waals surface area contributed by atoms with Crippen molar-refractivity contribution >= 4 is 28.1 Å². The minimum atomic E-state index is -0.0707. The van der Waals surface area contributed by atoms with Crippen LogP contribution in [0.4, 0.5) is 11.4 Å². The summed E-state index contributed by atoms with van der Waals surface area (Å²) in [5.74, 6) is -0.0707. The largest absolute Gasteiger partial charge is 0.397 e. The van der Waals surface area contributed by atoms with Crippen molar-refractivity contribution in [1.82, 2.24) is 0 Å². The summed E-state index contributed by atoms with van der Waals surface area (Å²) in [6, 6.07) is 21.1. The van der Waals surface area contributed by atoms with Crippen LogP contribution >= 0.6 is 0 Å². The smallest absolute Gasteiger partial charge is 0.258 e. The van der Waals surface area contributed by atoms with E-state index in [4.69, 9.17) is 5.73 Å².